The molecule has 1 aliphatic carbocycles. The Morgan fingerprint density at radius 3 is 2.71 bits per heavy atom. The van der Waals surface area contributed by atoms with Crippen molar-refractivity contribution in [3.63, 3.8) is 0 Å². The predicted molar refractivity (Wildman–Crippen MR) is 56.3 cm³/mol. The van der Waals surface area contributed by atoms with E-state index in [1.165, 1.54) is 6.07 Å². The van der Waals surface area contributed by atoms with E-state index in [9.17, 15) is 18.0 Å². The molecule has 0 bridgehead atoms. The zero-order chi connectivity index (χ0) is 12.6. The monoisotopic (exact) mass is 243 g/mol. The molecule has 1 aromatic rings. The van der Waals surface area contributed by atoms with Gasteiger partial charge in [-0.05, 0) is 18.1 Å². The molecule has 17 heavy (non-hydrogen) atoms. The molecule has 0 saturated heterocycles. The minimum Gasteiger partial charge on any atom is -0.347 e. The summed E-state index contributed by atoms with van der Waals surface area (Å²) in [5.41, 5.74) is -0.116. The molecule has 2 rings (SSSR count). The molecular weight excluding hydrogens is 231 g/mol. The topological polar surface area (TPSA) is 29.1 Å². The minimum atomic E-state index is -3.03. The second-order valence-electron chi connectivity index (χ2n) is 4.46. The van der Waals surface area contributed by atoms with Crippen molar-refractivity contribution >= 4 is 5.91 Å². The van der Waals surface area contributed by atoms with Gasteiger partial charge in [0.25, 0.3) is 5.91 Å². The molecule has 0 radical (unpaired) electrons. The zero-order valence-electron chi connectivity index (χ0n) is 9.21. The van der Waals surface area contributed by atoms with Gasteiger partial charge in [-0.2, -0.15) is 8.78 Å². The Morgan fingerprint density at radius 2 is 2.12 bits per heavy atom. The van der Waals surface area contributed by atoms with E-state index in [4.69, 9.17) is 0 Å². The highest BCUT2D eigenvalue weighted by Crippen LogP contribution is 2.48. The van der Waals surface area contributed by atoms with E-state index in [1.807, 2.05) is 0 Å². The van der Waals surface area contributed by atoms with Crippen LogP contribution in [0, 0.1) is 5.82 Å². The van der Waals surface area contributed by atoms with Crippen LogP contribution in [0.1, 0.15) is 18.9 Å². The summed E-state index contributed by atoms with van der Waals surface area (Å²) in [6.45, 7) is 1.75. The third kappa shape index (κ3) is 2.14. The van der Waals surface area contributed by atoms with Gasteiger partial charge >= 0.3 is 6.43 Å². The maximum Gasteiger partial charge on any atom is 0.315 e. The molecule has 1 aromatic carbocycles. The second kappa shape index (κ2) is 4.05. The fourth-order valence-corrected chi connectivity index (χ4v) is 2.03. The van der Waals surface area contributed by atoms with Crippen LogP contribution in [0.2, 0.25) is 0 Å². The molecule has 5 heteroatoms. The highest BCUT2D eigenvalue weighted by Gasteiger charge is 2.53. The maximum atomic E-state index is 13.5. The van der Waals surface area contributed by atoms with Crippen LogP contribution in [0.3, 0.4) is 0 Å². The molecule has 92 valence electrons. The average molecular weight is 243 g/mol. The average Bonchev–Trinajstić information content (AvgIpc) is 2.90. The summed E-state index contributed by atoms with van der Waals surface area (Å²) in [5.74, 6) is -1.67. The van der Waals surface area contributed by atoms with E-state index in [2.05, 4.69) is 5.32 Å². The minimum absolute atomic E-state index is 0.371. The smallest absolute Gasteiger partial charge is 0.315 e. The summed E-state index contributed by atoms with van der Waals surface area (Å²) >= 11 is 0. The van der Waals surface area contributed by atoms with Crippen molar-refractivity contribution in [2.45, 2.75) is 31.2 Å². The number of alkyl halides is 2. The van der Waals surface area contributed by atoms with Crippen molar-refractivity contribution in [2.24, 2.45) is 0 Å². The SMILES string of the molecule is CC1(c2ccccc2F)CC1NC(=O)C(F)F. The third-order valence-corrected chi connectivity index (χ3v) is 3.24. The van der Waals surface area contributed by atoms with Gasteiger partial charge in [0.2, 0.25) is 0 Å². The lowest BCUT2D eigenvalue weighted by Gasteiger charge is -2.13. The number of carbonyl (C=O) groups is 1. The van der Waals surface area contributed by atoms with Gasteiger partial charge in [0, 0.05) is 11.5 Å². The van der Waals surface area contributed by atoms with Crippen molar-refractivity contribution in [3.05, 3.63) is 35.6 Å². The first-order valence-corrected chi connectivity index (χ1v) is 5.28. The van der Waals surface area contributed by atoms with Gasteiger partial charge in [-0.1, -0.05) is 25.1 Å². The quantitative estimate of drug-likeness (QED) is 0.866. The van der Waals surface area contributed by atoms with Gasteiger partial charge in [0.15, 0.2) is 0 Å². The first-order valence-electron chi connectivity index (χ1n) is 5.28. The first-order chi connectivity index (χ1) is 7.95. The molecule has 1 amide bonds. The van der Waals surface area contributed by atoms with Crippen molar-refractivity contribution in [3.8, 4) is 0 Å². The summed E-state index contributed by atoms with van der Waals surface area (Å²) in [7, 11) is 0. The standard InChI is InChI=1S/C12H12F3NO/c1-12(7-4-2-3-5-8(7)13)6-9(12)16-11(17)10(14)15/h2-5,9-10H,6H2,1H3,(H,16,17). The molecule has 0 spiro atoms. The van der Waals surface area contributed by atoms with Crippen LogP contribution < -0.4 is 5.32 Å². The summed E-state index contributed by atoms with van der Waals surface area (Å²) < 4.78 is 37.7. The Balaban J connectivity index is 2.10. The molecule has 1 N–H and O–H groups in total. The molecule has 2 nitrogen and oxygen atoms in total. The van der Waals surface area contributed by atoms with Crippen LogP contribution in [0.4, 0.5) is 13.2 Å². The molecular formula is C12H12F3NO. The van der Waals surface area contributed by atoms with E-state index in [1.54, 1.807) is 25.1 Å². The normalized spacial score (nSPS) is 27.0. The van der Waals surface area contributed by atoms with E-state index in [0.29, 0.717) is 12.0 Å². The Hall–Kier alpha value is -1.52. The lowest BCUT2D eigenvalue weighted by molar-refractivity contribution is -0.131. The molecule has 0 heterocycles. The van der Waals surface area contributed by atoms with Gasteiger partial charge < -0.3 is 5.32 Å². The molecule has 2 unspecified atom stereocenters. The van der Waals surface area contributed by atoms with Crippen LogP contribution >= 0.6 is 0 Å². The molecule has 1 saturated carbocycles. The Morgan fingerprint density at radius 1 is 1.47 bits per heavy atom. The van der Waals surface area contributed by atoms with E-state index < -0.39 is 23.8 Å². The van der Waals surface area contributed by atoms with E-state index in [-0.39, 0.29) is 5.82 Å². The number of hydrogen-bond donors (Lipinski definition) is 1. The van der Waals surface area contributed by atoms with Crippen molar-refractivity contribution in [1.29, 1.82) is 0 Å². The van der Waals surface area contributed by atoms with Gasteiger partial charge in [-0.25, -0.2) is 4.39 Å². The largest absolute Gasteiger partial charge is 0.347 e. The van der Waals surface area contributed by atoms with Crippen molar-refractivity contribution in [2.75, 3.05) is 0 Å². The van der Waals surface area contributed by atoms with Crippen molar-refractivity contribution in [1.82, 2.24) is 5.32 Å². The van der Waals surface area contributed by atoms with Gasteiger partial charge in [-0.3, -0.25) is 4.79 Å². The van der Waals surface area contributed by atoms with Crippen molar-refractivity contribution < 1.29 is 18.0 Å². The van der Waals surface area contributed by atoms with E-state index >= 15 is 0 Å². The summed E-state index contributed by atoms with van der Waals surface area (Å²) in [4.78, 5) is 10.8. The molecule has 1 aliphatic rings. The maximum absolute atomic E-state index is 13.5. The Bertz CT molecular complexity index is 449. The summed E-state index contributed by atoms with van der Waals surface area (Å²) in [5, 5.41) is 2.21. The Labute approximate surface area is 96.8 Å². The van der Waals surface area contributed by atoms with Crippen LogP contribution in [-0.2, 0) is 10.2 Å². The fraction of sp³-hybridized carbons (Fsp3) is 0.417. The van der Waals surface area contributed by atoms with Gasteiger partial charge in [0.05, 0.1) is 0 Å². The van der Waals surface area contributed by atoms with Crippen LogP contribution in [0.15, 0.2) is 24.3 Å². The number of nitrogens with one attached hydrogen (secondary N) is 1. The zero-order valence-corrected chi connectivity index (χ0v) is 9.21. The van der Waals surface area contributed by atoms with E-state index in [0.717, 1.165) is 0 Å². The van der Waals surface area contributed by atoms with Crippen LogP contribution in [0.25, 0.3) is 0 Å². The third-order valence-electron chi connectivity index (χ3n) is 3.24. The fourth-order valence-electron chi connectivity index (χ4n) is 2.03. The number of carbonyl (C=O) groups excluding carboxylic acids is 1. The predicted octanol–water partition coefficient (Wildman–Crippen LogP) is 2.24. The number of halogens is 3. The molecule has 0 aliphatic heterocycles. The summed E-state index contributed by atoms with van der Waals surface area (Å²) in [6.07, 6.45) is -2.55. The lowest BCUT2D eigenvalue weighted by Crippen LogP contribution is -2.34. The van der Waals surface area contributed by atoms with Gasteiger partial charge in [0.1, 0.15) is 5.82 Å². The second-order valence-corrected chi connectivity index (χ2v) is 4.46. The number of benzene rings is 1. The number of hydrogen-bond acceptors (Lipinski definition) is 1. The van der Waals surface area contributed by atoms with Crippen LogP contribution in [-0.4, -0.2) is 18.4 Å². The highest BCUT2D eigenvalue weighted by molar-refractivity contribution is 5.80. The number of amides is 1. The number of rotatable bonds is 3. The molecule has 2 atom stereocenters. The molecule has 1 fully saturated rings. The first kappa shape index (κ1) is 12.0. The summed E-state index contributed by atoms with van der Waals surface area (Å²) in [6, 6.07) is 5.78. The van der Waals surface area contributed by atoms with Crippen LogP contribution in [0.5, 0.6) is 0 Å². The highest BCUT2D eigenvalue weighted by atomic mass is 19.3. The lowest BCUT2D eigenvalue weighted by atomic mass is 9.97. The Kier molecular flexibility index (Phi) is 2.85. The van der Waals surface area contributed by atoms with Gasteiger partial charge in [-0.15, -0.1) is 0 Å². The molecule has 0 aromatic heterocycles.